The van der Waals surface area contributed by atoms with Crippen LogP contribution in [-0.2, 0) is 60.7 Å². The van der Waals surface area contributed by atoms with Crippen molar-refractivity contribution in [1.29, 1.82) is 0 Å². The first-order valence-electron chi connectivity index (χ1n) is 25.2. The van der Waals surface area contributed by atoms with E-state index in [2.05, 4.69) is 30.3 Å². The summed E-state index contributed by atoms with van der Waals surface area (Å²) in [6, 6.07) is 21.4. The van der Waals surface area contributed by atoms with Crippen LogP contribution in [0.15, 0.2) is 188 Å². The molecule has 41 heteroatoms. The molecule has 8 rings (SSSR count). The molecule has 29 nitrogen and oxygen atoms in total. The minimum absolute atomic E-state index is 0. The van der Waals surface area contributed by atoms with Crippen LogP contribution in [-0.4, -0.2) is 107 Å². The molecule has 0 bridgehead atoms. The Hall–Kier alpha value is -3.11. The summed E-state index contributed by atoms with van der Waals surface area (Å²) in [4.78, 5) is 12.7. The zero-order valence-corrected chi connectivity index (χ0v) is 69.0. The Bertz CT molecular complexity index is 5260. The van der Waals surface area contributed by atoms with Crippen molar-refractivity contribution in [2.24, 2.45) is 25.0 Å². The fourth-order valence-corrected chi connectivity index (χ4v) is 13.1. The van der Waals surface area contributed by atoms with Gasteiger partial charge in [0.1, 0.15) is 29.7 Å². The van der Waals surface area contributed by atoms with E-state index >= 15 is 0 Å². The van der Waals surface area contributed by atoms with Crippen molar-refractivity contribution in [2.75, 3.05) is 5.32 Å². The largest absolute Gasteiger partial charge is 1.00 e. The molecule has 96 heavy (non-hydrogen) atoms. The van der Waals surface area contributed by atoms with Gasteiger partial charge in [0.25, 0.3) is 50.6 Å². The molecule has 0 aliphatic heterocycles. The van der Waals surface area contributed by atoms with Crippen molar-refractivity contribution in [3.05, 3.63) is 167 Å². The maximum Gasteiger partial charge on any atom is 1.00 e. The number of fused-ring (bicyclic) bond motifs is 2. The maximum absolute atomic E-state index is 13.8. The SMILES string of the molecule is CC(C)c1ccc(C([O-])=Nc2ccc(S(=O)(=O)O)c3cc(S(=O)(=O)[O-])cc(S(=O)(=O)O)c23)cc1N=C([O-])c1cccc(N=C([O-])Nc2cccc(C([O-])=Nc3cc(C([O-])=Nc4ccc(S(=O)(=O)O)c5cc(S(=O)(=O)O)cc(S(=O)(=O)O)c45)ccc3C(C)C)c2)c1.[Na+].[Na+].[Na+].[Na+].[Na+].[Na+]. The predicted molar refractivity (Wildman–Crippen MR) is 314 cm³/mol. The number of hydrogen-bond acceptors (Lipinski definition) is 23. The molecule has 0 aliphatic carbocycles. The summed E-state index contributed by atoms with van der Waals surface area (Å²) in [6.45, 7) is 6.91. The number of anilines is 1. The molecule has 0 radical (unpaired) electrons. The van der Waals surface area contributed by atoms with Gasteiger partial charge in [-0.3, -0.25) is 42.7 Å². The molecule has 0 amide bonds. The number of rotatable bonds is 18. The van der Waals surface area contributed by atoms with Crippen LogP contribution >= 0.6 is 0 Å². The zero-order valence-electron chi connectivity index (χ0n) is 52.1. The van der Waals surface area contributed by atoms with Gasteiger partial charge in [-0.05, 0) is 154 Å². The molecule has 0 saturated carbocycles. The average molecular weight is 1490 g/mol. The summed E-state index contributed by atoms with van der Waals surface area (Å²) in [5, 5.41) is 67.5. The van der Waals surface area contributed by atoms with E-state index in [1.54, 1.807) is 27.7 Å². The van der Waals surface area contributed by atoms with Crippen LogP contribution in [0.5, 0.6) is 0 Å². The van der Waals surface area contributed by atoms with E-state index in [9.17, 15) is 103 Å². The third kappa shape index (κ3) is 21.5. The summed E-state index contributed by atoms with van der Waals surface area (Å²) in [5.74, 6) is -4.86. The second-order valence-corrected chi connectivity index (χ2v) is 28.2. The minimum atomic E-state index is -5.53. The van der Waals surface area contributed by atoms with E-state index in [0.717, 1.165) is 24.3 Å². The van der Waals surface area contributed by atoms with Gasteiger partial charge in [-0.25, -0.2) is 13.4 Å². The topological polar surface area (TPSA) is 518 Å². The molecule has 0 spiro atoms. The third-order valence-electron chi connectivity index (χ3n) is 13.0. The molecule has 0 aromatic heterocycles. The Morgan fingerprint density at radius 1 is 0.375 bits per heavy atom. The Balaban J connectivity index is 0.00000523. The summed E-state index contributed by atoms with van der Waals surface area (Å²) >= 11 is 0. The van der Waals surface area contributed by atoms with Gasteiger partial charge in [-0.15, -0.1) is 0 Å². The van der Waals surface area contributed by atoms with Crippen molar-refractivity contribution in [2.45, 2.75) is 68.9 Å². The van der Waals surface area contributed by atoms with Gasteiger partial charge in [0.2, 0.25) is 0 Å². The van der Waals surface area contributed by atoms with Crippen molar-refractivity contribution in [3.63, 3.8) is 0 Å². The van der Waals surface area contributed by atoms with E-state index in [-0.39, 0.29) is 246 Å². The van der Waals surface area contributed by atoms with Crippen molar-refractivity contribution in [1.82, 2.24) is 0 Å². The average Bonchev–Trinajstić information content (AvgIpc) is 0.747. The number of benzene rings is 8. The molecule has 0 aliphatic rings. The Morgan fingerprint density at radius 3 is 1.10 bits per heavy atom. The third-order valence-corrected chi connectivity index (χ3v) is 18.3. The van der Waals surface area contributed by atoms with Gasteiger partial charge in [0.05, 0.1) is 44.2 Å². The Morgan fingerprint density at radius 2 is 0.729 bits per heavy atom. The molecular formula is C55H42N6Na6O23S6. The Kier molecular flexibility index (Phi) is 32.2. The van der Waals surface area contributed by atoms with E-state index < -0.39 is 153 Å². The van der Waals surface area contributed by atoms with E-state index in [4.69, 9.17) is 0 Å². The van der Waals surface area contributed by atoms with Crippen LogP contribution in [0.2, 0.25) is 0 Å². The summed E-state index contributed by atoms with van der Waals surface area (Å²) < 4.78 is 209. The minimum Gasteiger partial charge on any atom is -0.858 e. The smallest absolute Gasteiger partial charge is 0.858 e. The molecule has 0 heterocycles. The van der Waals surface area contributed by atoms with E-state index in [1.165, 1.54) is 72.8 Å². The van der Waals surface area contributed by atoms with Gasteiger partial charge in [0.15, 0.2) is 0 Å². The van der Waals surface area contributed by atoms with Crippen LogP contribution in [0.1, 0.15) is 72.9 Å². The monoisotopic (exact) mass is 1480 g/mol. The van der Waals surface area contributed by atoms with E-state index in [1.807, 2.05) is 0 Å². The van der Waals surface area contributed by atoms with Gasteiger partial charge >= 0.3 is 177 Å². The standard InChI is InChI=1S/C55H48N6O23S6.6Na/c1-27(2)37-13-11-31(53(64)58-41-15-17-45(87(73,74)75)39-23-35(85(67,68)69)25-47(49(39)41)89(79,80)81)21-43(37)60-51(62)29-7-5-9-33(19-29)56-55(66)57-34-10-6-8-30(20-34)52(63)61-44-22-32(12-14-38(44)28(3)4)54(65)59-42-16-18-46(88(76,77)78)40-24-36(86(70,71)72)26-48(50(40)42)90(82,83)84;;;;;;/h5-28H,1-4H3,(H,58,64)(H,59,65)(H,60,62)(H,61,63)(H2,56,57,66)(H,67,68,69)(H,70,71,72)(H,73,74,75)(H,76,77,78)(H,79,80,81)(H,82,83,84);;;;;;/q;6*+1/p-6. The molecule has 6 N–H and O–H groups in total. The molecule has 8 aromatic rings. The summed E-state index contributed by atoms with van der Waals surface area (Å²) in [6.07, 6.45) is 0. The maximum atomic E-state index is 13.8. The first-order valence-corrected chi connectivity index (χ1v) is 33.8. The predicted octanol–water partition coefficient (Wildman–Crippen LogP) is -14.4. The number of amidine groups is 1. The number of hydrogen-bond donors (Lipinski definition) is 6. The van der Waals surface area contributed by atoms with Crippen LogP contribution in [0.4, 0.5) is 34.1 Å². The van der Waals surface area contributed by atoms with Crippen molar-refractivity contribution < 1.29 is 281 Å². The quantitative estimate of drug-likeness (QED) is 0.0201. The number of aliphatic imine (C=N–C) groups is 5. The van der Waals surface area contributed by atoms with E-state index in [0.29, 0.717) is 35.4 Å². The fraction of sp³-hybridized carbons (Fsp3) is 0.109. The normalized spacial score (nSPS) is 13.0. The number of nitrogens with zero attached hydrogens (tertiary/aromatic N) is 5. The molecule has 0 unspecified atom stereocenters. The second kappa shape index (κ2) is 34.7. The van der Waals surface area contributed by atoms with Gasteiger partial charge in [-0.1, -0.05) is 76.2 Å². The molecular weight excluding hydrogens is 1440 g/mol. The second-order valence-electron chi connectivity index (χ2n) is 19.9. The van der Waals surface area contributed by atoms with Crippen LogP contribution < -0.4 is 208 Å². The first kappa shape index (κ1) is 89.0. The molecule has 0 saturated heterocycles. The van der Waals surface area contributed by atoms with Crippen LogP contribution in [0.3, 0.4) is 0 Å². The number of nitrogens with one attached hydrogen (secondary N) is 1. The van der Waals surface area contributed by atoms with Gasteiger partial charge in [0, 0.05) is 27.2 Å². The van der Waals surface area contributed by atoms with Gasteiger partial charge in [-0.2, -0.15) is 42.1 Å². The zero-order chi connectivity index (χ0) is 66.5. The first-order chi connectivity index (χ1) is 41.6. The van der Waals surface area contributed by atoms with Crippen LogP contribution in [0.25, 0.3) is 21.5 Å². The molecule has 472 valence electrons. The van der Waals surface area contributed by atoms with Gasteiger partial charge < -0.3 is 35.4 Å². The molecule has 8 aromatic carbocycles. The molecule has 0 fully saturated rings. The molecule has 0 atom stereocenters. The Labute approximate surface area is 682 Å². The van der Waals surface area contributed by atoms with Crippen molar-refractivity contribution in [3.8, 4) is 0 Å². The fourth-order valence-electron chi connectivity index (χ4n) is 9.02. The van der Waals surface area contributed by atoms with Crippen LogP contribution in [0, 0.1) is 0 Å². The van der Waals surface area contributed by atoms with Crippen molar-refractivity contribution >= 4 is 146 Å². The summed E-state index contributed by atoms with van der Waals surface area (Å²) in [5.41, 5.74) is -1.51. The summed E-state index contributed by atoms with van der Waals surface area (Å²) in [7, 11) is -32.4.